The molecule has 1 aromatic carbocycles. The molecule has 0 heterocycles. The number of rotatable bonds is 2. The predicted molar refractivity (Wildman–Crippen MR) is 39.4 cm³/mol. The van der Waals surface area contributed by atoms with Gasteiger partial charge in [0.15, 0.2) is 6.29 Å². The van der Waals surface area contributed by atoms with E-state index in [4.69, 9.17) is 5.11 Å². The Bertz CT molecular complexity index is 268. The van der Waals surface area contributed by atoms with Crippen molar-refractivity contribution < 1.29 is 15.0 Å². The van der Waals surface area contributed by atoms with Crippen molar-refractivity contribution >= 4 is 6.29 Å². The number of hydrogen-bond donors (Lipinski definition) is 2. The maximum atomic E-state index is 10.3. The van der Waals surface area contributed by atoms with Crippen LogP contribution in [0.1, 0.15) is 15.9 Å². The van der Waals surface area contributed by atoms with Crippen LogP contribution in [0.3, 0.4) is 0 Å². The van der Waals surface area contributed by atoms with Crippen LogP contribution in [0.15, 0.2) is 18.2 Å². The van der Waals surface area contributed by atoms with Gasteiger partial charge in [-0.3, -0.25) is 4.79 Å². The molecule has 0 fully saturated rings. The van der Waals surface area contributed by atoms with Gasteiger partial charge in [0.05, 0.1) is 12.2 Å². The van der Waals surface area contributed by atoms with Gasteiger partial charge >= 0.3 is 0 Å². The molecule has 0 unspecified atom stereocenters. The molecule has 0 aliphatic heterocycles. The van der Waals surface area contributed by atoms with Crippen LogP contribution in [0.4, 0.5) is 0 Å². The Morgan fingerprint density at radius 2 is 2.18 bits per heavy atom. The van der Waals surface area contributed by atoms with Gasteiger partial charge in [-0.05, 0) is 6.07 Å². The van der Waals surface area contributed by atoms with E-state index in [9.17, 15) is 9.90 Å². The van der Waals surface area contributed by atoms with Crippen LogP contribution in [0.5, 0.6) is 5.75 Å². The topological polar surface area (TPSA) is 57.5 Å². The van der Waals surface area contributed by atoms with E-state index < -0.39 is 0 Å². The Morgan fingerprint density at radius 1 is 1.45 bits per heavy atom. The lowest BCUT2D eigenvalue weighted by Crippen LogP contribution is -1.88. The molecule has 0 saturated carbocycles. The van der Waals surface area contributed by atoms with Crippen molar-refractivity contribution in [3.05, 3.63) is 29.3 Å². The molecule has 0 amide bonds. The van der Waals surface area contributed by atoms with Crippen molar-refractivity contribution in [2.45, 2.75) is 6.61 Å². The Morgan fingerprint density at radius 3 is 2.73 bits per heavy atom. The highest BCUT2D eigenvalue weighted by atomic mass is 16.3. The molecule has 11 heavy (non-hydrogen) atoms. The molecule has 0 bridgehead atoms. The smallest absolute Gasteiger partial charge is 0.153 e. The average Bonchev–Trinajstić information content (AvgIpc) is 2.05. The Kier molecular flexibility index (Phi) is 2.23. The molecular formula is C8H8O3. The standard InChI is InChI=1S/C8H8O3/c9-4-6-2-1-3-7(5-10)8(6)11/h1-4,10-11H,5H2. The van der Waals surface area contributed by atoms with Crippen LogP contribution in [-0.2, 0) is 6.61 Å². The van der Waals surface area contributed by atoms with Gasteiger partial charge in [-0.15, -0.1) is 0 Å². The van der Waals surface area contributed by atoms with Gasteiger partial charge < -0.3 is 10.2 Å². The third-order valence-corrected chi connectivity index (χ3v) is 1.45. The molecular weight excluding hydrogens is 144 g/mol. The number of para-hydroxylation sites is 1. The number of carbonyl (C=O) groups is 1. The second-order valence-corrected chi connectivity index (χ2v) is 2.13. The van der Waals surface area contributed by atoms with Crippen molar-refractivity contribution in [1.29, 1.82) is 0 Å². The van der Waals surface area contributed by atoms with Crippen LogP contribution in [0.2, 0.25) is 0 Å². The van der Waals surface area contributed by atoms with Gasteiger partial charge in [-0.1, -0.05) is 12.1 Å². The zero-order valence-corrected chi connectivity index (χ0v) is 5.82. The summed E-state index contributed by atoms with van der Waals surface area (Å²) in [6.45, 7) is -0.256. The summed E-state index contributed by atoms with van der Waals surface area (Å²) < 4.78 is 0. The van der Waals surface area contributed by atoms with E-state index in [2.05, 4.69) is 0 Å². The molecule has 3 heteroatoms. The first-order chi connectivity index (χ1) is 5.29. The van der Waals surface area contributed by atoms with E-state index in [1.807, 2.05) is 0 Å². The monoisotopic (exact) mass is 152 g/mol. The van der Waals surface area contributed by atoms with Crippen LogP contribution < -0.4 is 0 Å². The van der Waals surface area contributed by atoms with Crippen LogP contribution in [0, 0.1) is 0 Å². The third kappa shape index (κ3) is 1.38. The molecule has 0 radical (unpaired) electrons. The number of carbonyl (C=O) groups excluding carboxylic acids is 1. The minimum atomic E-state index is -0.256. The van der Waals surface area contributed by atoms with Gasteiger partial charge in [0.1, 0.15) is 5.75 Å². The maximum absolute atomic E-state index is 10.3. The number of aliphatic hydroxyl groups is 1. The fraction of sp³-hybridized carbons (Fsp3) is 0.125. The van der Waals surface area contributed by atoms with E-state index in [1.54, 1.807) is 12.1 Å². The molecule has 0 atom stereocenters. The second-order valence-electron chi connectivity index (χ2n) is 2.13. The van der Waals surface area contributed by atoms with Crippen molar-refractivity contribution in [2.75, 3.05) is 0 Å². The first-order valence-corrected chi connectivity index (χ1v) is 3.16. The van der Waals surface area contributed by atoms with Gasteiger partial charge in [-0.25, -0.2) is 0 Å². The summed E-state index contributed by atoms with van der Waals surface area (Å²) in [5.41, 5.74) is 0.575. The fourth-order valence-corrected chi connectivity index (χ4v) is 0.834. The summed E-state index contributed by atoms with van der Waals surface area (Å²) in [5.74, 6) is -0.134. The zero-order valence-electron chi connectivity index (χ0n) is 5.82. The van der Waals surface area contributed by atoms with Crippen LogP contribution in [-0.4, -0.2) is 16.5 Å². The lowest BCUT2D eigenvalue weighted by Gasteiger charge is -2.01. The van der Waals surface area contributed by atoms with E-state index >= 15 is 0 Å². The Hall–Kier alpha value is -1.35. The minimum absolute atomic E-state index is 0.134. The first-order valence-electron chi connectivity index (χ1n) is 3.16. The Labute approximate surface area is 63.9 Å². The minimum Gasteiger partial charge on any atom is -0.507 e. The number of aldehydes is 1. The van der Waals surface area contributed by atoms with Crippen LogP contribution in [0.25, 0.3) is 0 Å². The molecule has 2 N–H and O–H groups in total. The maximum Gasteiger partial charge on any atom is 0.153 e. The van der Waals surface area contributed by atoms with Crippen molar-refractivity contribution in [2.24, 2.45) is 0 Å². The van der Waals surface area contributed by atoms with E-state index in [-0.39, 0.29) is 17.9 Å². The number of aromatic hydroxyl groups is 1. The van der Waals surface area contributed by atoms with Gasteiger partial charge in [0, 0.05) is 5.56 Å². The lowest BCUT2D eigenvalue weighted by molar-refractivity contribution is 0.112. The molecule has 0 saturated heterocycles. The molecule has 0 aliphatic rings. The summed E-state index contributed by atoms with van der Waals surface area (Å²) in [7, 11) is 0. The summed E-state index contributed by atoms with van der Waals surface area (Å²) in [6.07, 6.45) is 0.550. The van der Waals surface area contributed by atoms with Gasteiger partial charge in [0.25, 0.3) is 0 Å². The first kappa shape index (κ1) is 7.75. The number of aliphatic hydroxyl groups excluding tert-OH is 1. The highest BCUT2D eigenvalue weighted by molar-refractivity contribution is 5.79. The largest absolute Gasteiger partial charge is 0.507 e. The highest BCUT2D eigenvalue weighted by Crippen LogP contribution is 2.20. The van der Waals surface area contributed by atoms with Gasteiger partial charge in [-0.2, -0.15) is 0 Å². The molecule has 0 spiro atoms. The SMILES string of the molecule is O=Cc1cccc(CO)c1O. The molecule has 1 aromatic rings. The summed E-state index contributed by atoms with van der Waals surface area (Å²) in [4.78, 5) is 10.3. The zero-order chi connectivity index (χ0) is 8.27. The molecule has 58 valence electrons. The lowest BCUT2D eigenvalue weighted by atomic mass is 10.1. The highest BCUT2D eigenvalue weighted by Gasteiger charge is 2.03. The van der Waals surface area contributed by atoms with Crippen molar-refractivity contribution in [3.63, 3.8) is 0 Å². The predicted octanol–water partition coefficient (Wildman–Crippen LogP) is 0.697. The van der Waals surface area contributed by atoms with Crippen molar-refractivity contribution in [1.82, 2.24) is 0 Å². The summed E-state index contributed by atoms with van der Waals surface area (Å²) in [5, 5.41) is 17.9. The quantitative estimate of drug-likeness (QED) is 0.613. The van der Waals surface area contributed by atoms with Crippen molar-refractivity contribution in [3.8, 4) is 5.75 Å². The second kappa shape index (κ2) is 3.16. The third-order valence-electron chi connectivity index (χ3n) is 1.45. The molecule has 0 aromatic heterocycles. The van der Waals surface area contributed by atoms with Gasteiger partial charge in [0.2, 0.25) is 0 Å². The fourth-order valence-electron chi connectivity index (χ4n) is 0.834. The average molecular weight is 152 g/mol. The van der Waals surface area contributed by atoms with E-state index in [0.717, 1.165) is 0 Å². The molecule has 0 aliphatic carbocycles. The Balaban J connectivity index is 3.20. The molecule has 1 rings (SSSR count). The summed E-state index contributed by atoms with van der Waals surface area (Å²) >= 11 is 0. The number of benzene rings is 1. The van der Waals surface area contributed by atoms with E-state index in [1.165, 1.54) is 6.07 Å². The molecule has 3 nitrogen and oxygen atoms in total. The number of hydrogen-bond acceptors (Lipinski definition) is 3. The normalized spacial score (nSPS) is 9.55. The van der Waals surface area contributed by atoms with Crippen LogP contribution >= 0.6 is 0 Å². The van der Waals surface area contributed by atoms with E-state index in [0.29, 0.717) is 11.8 Å². The number of phenols is 1. The summed E-state index contributed by atoms with van der Waals surface area (Å²) in [6, 6.07) is 4.65.